The maximum atomic E-state index is 11.6. The molecule has 1 atom stereocenters. The second-order valence-electron chi connectivity index (χ2n) is 4.62. The van der Waals surface area contributed by atoms with Gasteiger partial charge < -0.3 is 21.4 Å². The summed E-state index contributed by atoms with van der Waals surface area (Å²) in [7, 11) is 1.64. The zero-order chi connectivity index (χ0) is 14.0. The fourth-order valence-corrected chi connectivity index (χ4v) is 2.66. The Bertz CT molecular complexity index is 518. The van der Waals surface area contributed by atoms with Gasteiger partial charge in [-0.15, -0.1) is 0 Å². The van der Waals surface area contributed by atoms with Gasteiger partial charge >= 0.3 is 0 Å². The monoisotopic (exact) mass is 280 g/mol. The van der Waals surface area contributed by atoms with Crippen LogP contribution in [0.3, 0.4) is 0 Å². The Balaban J connectivity index is 2.28. The first-order chi connectivity index (χ1) is 9.06. The Morgan fingerprint density at radius 3 is 3.00 bits per heavy atom. The van der Waals surface area contributed by atoms with E-state index in [-0.39, 0.29) is 11.8 Å². The van der Waals surface area contributed by atoms with Crippen LogP contribution in [0.1, 0.15) is 12.0 Å². The highest BCUT2D eigenvalue weighted by Gasteiger charge is 2.29. The van der Waals surface area contributed by atoms with Crippen molar-refractivity contribution in [3.8, 4) is 0 Å². The Hall–Kier alpha value is -1.75. The summed E-state index contributed by atoms with van der Waals surface area (Å²) in [6.07, 6.45) is 2.03. The quantitative estimate of drug-likeness (QED) is 0.579. The van der Waals surface area contributed by atoms with E-state index in [0.717, 1.165) is 18.7 Å². The van der Waals surface area contributed by atoms with Crippen LogP contribution in [0.4, 0.5) is 11.4 Å². The first-order valence-corrected chi connectivity index (χ1v) is 6.50. The molecule has 1 aliphatic heterocycles. The van der Waals surface area contributed by atoms with Crippen molar-refractivity contribution in [2.45, 2.75) is 6.42 Å². The summed E-state index contributed by atoms with van der Waals surface area (Å²) < 4.78 is 0. The Labute approximate surface area is 117 Å². The van der Waals surface area contributed by atoms with Gasteiger partial charge in [-0.2, -0.15) is 0 Å². The number of nitrogens with zero attached hydrogens (tertiary/aromatic N) is 1. The molecule has 102 valence electrons. The summed E-state index contributed by atoms with van der Waals surface area (Å²) in [4.78, 5) is 13.7. The van der Waals surface area contributed by atoms with Gasteiger partial charge in [0.1, 0.15) is 0 Å². The number of rotatable bonds is 3. The van der Waals surface area contributed by atoms with Crippen LogP contribution in [0.25, 0.3) is 0 Å². The highest BCUT2D eigenvalue weighted by molar-refractivity contribution is 6.31. The van der Waals surface area contributed by atoms with Crippen molar-refractivity contribution < 1.29 is 4.79 Å². The number of hydrogen-bond acceptors (Lipinski definition) is 4. The molecule has 1 heterocycles. The minimum atomic E-state index is -0.0243. The number of halogens is 1. The number of amides is 1. The predicted octanol–water partition coefficient (Wildman–Crippen LogP) is 1.49. The number of nitrogens with one attached hydrogen (secondary N) is 2. The molecule has 6 heteroatoms. The van der Waals surface area contributed by atoms with Crippen LogP contribution in [0, 0.1) is 11.3 Å². The van der Waals surface area contributed by atoms with E-state index >= 15 is 0 Å². The van der Waals surface area contributed by atoms with E-state index in [1.807, 2.05) is 0 Å². The molecule has 0 bridgehead atoms. The predicted molar refractivity (Wildman–Crippen MR) is 78.1 cm³/mol. The molecule has 1 unspecified atom stereocenters. The van der Waals surface area contributed by atoms with E-state index in [4.69, 9.17) is 22.7 Å². The van der Waals surface area contributed by atoms with Crippen LogP contribution in [-0.4, -0.2) is 32.3 Å². The third-order valence-electron chi connectivity index (χ3n) is 3.45. The smallest absolute Gasteiger partial charge is 0.224 e. The van der Waals surface area contributed by atoms with Crippen molar-refractivity contribution in [1.29, 1.82) is 5.41 Å². The highest BCUT2D eigenvalue weighted by Crippen LogP contribution is 2.32. The van der Waals surface area contributed by atoms with Gasteiger partial charge in [0.15, 0.2) is 0 Å². The maximum Gasteiger partial charge on any atom is 0.224 e. The lowest BCUT2D eigenvalue weighted by atomic mass is 10.1. The number of hydrogen-bond donors (Lipinski definition) is 3. The first-order valence-electron chi connectivity index (χ1n) is 6.13. The van der Waals surface area contributed by atoms with Gasteiger partial charge in [0, 0.05) is 48.3 Å². The molecule has 2 rings (SSSR count). The van der Waals surface area contributed by atoms with Crippen LogP contribution in [0.15, 0.2) is 12.1 Å². The first kappa shape index (κ1) is 13.7. The van der Waals surface area contributed by atoms with Gasteiger partial charge in [-0.25, -0.2) is 0 Å². The van der Waals surface area contributed by atoms with Gasteiger partial charge in [-0.3, -0.25) is 4.79 Å². The van der Waals surface area contributed by atoms with Crippen LogP contribution < -0.4 is 16.0 Å². The third-order valence-corrected chi connectivity index (χ3v) is 3.66. The molecule has 0 saturated carbocycles. The minimum absolute atomic E-state index is 0.0243. The molecule has 0 spiro atoms. The van der Waals surface area contributed by atoms with Crippen LogP contribution in [-0.2, 0) is 4.79 Å². The van der Waals surface area contributed by atoms with Gasteiger partial charge in [0.25, 0.3) is 0 Å². The number of benzene rings is 1. The Morgan fingerprint density at radius 2 is 2.37 bits per heavy atom. The summed E-state index contributed by atoms with van der Waals surface area (Å²) in [5.41, 5.74) is 7.85. The van der Waals surface area contributed by atoms with Gasteiger partial charge in [0.2, 0.25) is 5.91 Å². The Kier molecular flexibility index (Phi) is 3.95. The molecule has 1 aromatic rings. The molecule has 1 amide bonds. The molecule has 19 heavy (non-hydrogen) atoms. The molecule has 1 fully saturated rings. The van der Waals surface area contributed by atoms with Gasteiger partial charge in [-0.05, 0) is 18.6 Å². The molecule has 0 aromatic heterocycles. The van der Waals surface area contributed by atoms with Crippen LogP contribution in [0.2, 0.25) is 5.02 Å². The average Bonchev–Trinajstić information content (AvgIpc) is 2.86. The summed E-state index contributed by atoms with van der Waals surface area (Å²) in [5, 5.41) is 10.7. The number of nitrogen functional groups attached to an aromatic ring is 1. The van der Waals surface area contributed by atoms with Crippen LogP contribution >= 0.6 is 11.6 Å². The van der Waals surface area contributed by atoms with Crippen molar-refractivity contribution in [3.63, 3.8) is 0 Å². The fourth-order valence-electron chi connectivity index (χ4n) is 2.44. The third kappa shape index (κ3) is 2.66. The average molecular weight is 281 g/mol. The molecule has 4 N–H and O–H groups in total. The Morgan fingerprint density at radius 1 is 1.63 bits per heavy atom. The molecule has 1 aliphatic rings. The van der Waals surface area contributed by atoms with E-state index in [1.165, 1.54) is 6.21 Å². The topological polar surface area (TPSA) is 82.2 Å². The van der Waals surface area contributed by atoms with E-state index in [9.17, 15) is 4.79 Å². The zero-order valence-corrected chi connectivity index (χ0v) is 11.5. The number of carbonyl (C=O) groups excluding carboxylic acids is 1. The lowest BCUT2D eigenvalue weighted by Gasteiger charge is -2.22. The second-order valence-corrected chi connectivity index (χ2v) is 5.05. The fraction of sp³-hybridized carbons (Fsp3) is 0.385. The van der Waals surface area contributed by atoms with E-state index in [1.54, 1.807) is 19.2 Å². The molecule has 5 nitrogen and oxygen atoms in total. The summed E-state index contributed by atoms with van der Waals surface area (Å²) in [6.45, 7) is 1.39. The number of nitrogens with two attached hydrogens (primary N) is 1. The highest BCUT2D eigenvalue weighted by atomic mass is 35.5. The summed E-state index contributed by atoms with van der Waals surface area (Å²) >= 11 is 6.02. The normalized spacial score (nSPS) is 18.4. The van der Waals surface area contributed by atoms with E-state index in [2.05, 4.69) is 10.2 Å². The zero-order valence-electron chi connectivity index (χ0n) is 10.7. The molecular weight excluding hydrogens is 264 g/mol. The van der Waals surface area contributed by atoms with Crippen molar-refractivity contribution >= 4 is 35.1 Å². The lowest BCUT2D eigenvalue weighted by molar-refractivity contribution is -0.123. The minimum Gasteiger partial charge on any atom is -0.398 e. The molecule has 0 radical (unpaired) electrons. The van der Waals surface area contributed by atoms with Crippen LogP contribution in [0.5, 0.6) is 0 Å². The summed E-state index contributed by atoms with van der Waals surface area (Å²) in [5.74, 6) is 0.0256. The lowest BCUT2D eigenvalue weighted by Crippen LogP contribution is -2.30. The molecule has 0 aliphatic carbocycles. The second kappa shape index (κ2) is 5.48. The van der Waals surface area contributed by atoms with Crippen molar-refractivity contribution in [3.05, 3.63) is 22.7 Å². The standard InChI is InChI=1S/C13H17ClN4O/c1-17-13(19)8-2-3-18(7-8)12-5-9(14)4-11(16)10(12)6-15/h4-6,8,15H,2-3,7,16H2,1H3,(H,17,19). The molecule has 1 aromatic carbocycles. The van der Waals surface area contributed by atoms with Gasteiger partial charge in [-0.1, -0.05) is 11.6 Å². The summed E-state index contributed by atoms with van der Waals surface area (Å²) in [6, 6.07) is 3.43. The van der Waals surface area contributed by atoms with E-state index < -0.39 is 0 Å². The molecular formula is C13H17ClN4O. The van der Waals surface area contributed by atoms with Crippen molar-refractivity contribution in [2.75, 3.05) is 30.8 Å². The van der Waals surface area contributed by atoms with Gasteiger partial charge in [0.05, 0.1) is 5.92 Å². The SMILES string of the molecule is CNC(=O)C1CCN(c2cc(Cl)cc(N)c2C=N)C1. The largest absolute Gasteiger partial charge is 0.398 e. The van der Waals surface area contributed by atoms with E-state index in [0.29, 0.717) is 22.8 Å². The molecule has 1 saturated heterocycles. The van der Waals surface area contributed by atoms with Crippen molar-refractivity contribution in [2.24, 2.45) is 5.92 Å². The maximum absolute atomic E-state index is 11.6. The number of carbonyl (C=O) groups is 1. The van der Waals surface area contributed by atoms with Crippen molar-refractivity contribution in [1.82, 2.24) is 5.32 Å². The number of anilines is 2.